The van der Waals surface area contributed by atoms with E-state index in [1.165, 1.54) is 4.70 Å². The van der Waals surface area contributed by atoms with Crippen LogP contribution in [0.4, 0.5) is 0 Å². The molecule has 2 aromatic rings. The molecule has 12 heavy (non-hydrogen) atoms. The summed E-state index contributed by atoms with van der Waals surface area (Å²) in [6.45, 7) is 3.99. The molecule has 2 nitrogen and oxygen atoms in total. The molecule has 2 rings (SSSR count). The highest BCUT2D eigenvalue weighted by Gasteiger charge is 2.01. The van der Waals surface area contributed by atoms with E-state index >= 15 is 0 Å². The highest BCUT2D eigenvalue weighted by Crippen LogP contribution is 2.21. The third-order valence-corrected chi connectivity index (χ3v) is 2.90. The van der Waals surface area contributed by atoms with Crippen molar-refractivity contribution in [3.8, 4) is 0 Å². The zero-order valence-corrected chi connectivity index (χ0v) is 8.47. The fraction of sp³-hybridized carbons (Fsp3) is 0.250. The molecule has 0 spiro atoms. The van der Waals surface area contributed by atoms with E-state index in [9.17, 15) is 0 Å². The molecule has 62 valence electrons. The standard InChI is InChI=1S/C8H8N2S2/c1-4-3-6-7(5(2)9-4)10-8(11)12-6/h3H,1-2H3,(H,10,11). The first-order valence-corrected chi connectivity index (χ1v) is 4.86. The van der Waals surface area contributed by atoms with Gasteiger partial charge in [-0.15, -0.1) is 11.3 Å². The van der Waals surface area contributed by atoms with Crippen LogP contribution < -0.4 is 0 Å². The van der Waals surface area contributed by atoms with E-state index in [1.807, 2.05) is 13.8 Å². The summed E-state index contributed by atoms with van der Waals surface area (Å²) in [5.74, 6) is 0. The maximum Gasteiger partial charge on any atom is 0.159 e. The van der Waals surface area contributed by atoms with Crippen molar-refractivity contribution in [3.05, 3.63) is 21.4 Å². The third-order valence-electron chi connectivity index (χ3n) is 1.72. The molecule has 0 aliphatic rings. The van der Waals surface area contributed by atoms with Gasteiger partial charge in [0.2, 0.25) is 0 Å². The fourth-order valence-electron chi connectivity index (χ4n) is 1.25. The van der Waals surface area contributed by atoms with E-state index in [-0.39, 0.29) is 0 Å². The van der Waals surface area contributed by atoms with Crippen molar-refractivity contribution in [2.45, 2.75) is 13.8 Å². The van der Waals surface area contributed by atoms with Crippen LogP contribution in [0, 0.1) is 17.8 Å². The van der Waals surface area contributed by atoms with Gasteiger partial charge in [-0.3, -0.25) is 4.98 Å². The number of rotatable bonds is 0. The number of fused-ring (bicyclic) bond motifs is 1. The van der Waals surface area contributed by atoms with E-state index in [4.69, 9.17) is 12.2 Å². The van der Waals surface area contributed by atoms with Gasteiger partial charge in [0.15, 0.2) is 3.95 Å². The highest BCUT2D eigenvalue weighted by molar-refractivity contribution is 7.73. The number of aryl methyl sites for hydroxylation is 2. The number of hydrogen-bond acceptors (Lipinski definition) is 3. The van der Waals surface area contributed by atoms with Crippen LogP contribution in [0.2, 0.25) is 0 Å². The molecule has 0 radical (unpaired) electrons. The lowest BCUT2D eigenvalue weighted by Crippen LogP contribution is -1.85. The smallest absolute Gasteiger partial charge is 0.159 e. The Kier molecular flexibility index (Phi) is 1.73. The lowest BCUT2D eigenvalue weighted by Gasteiger charge is -1.95. The Morgan fingerprint density at radius 2 is 2.25 bits per heavy atom. The van der Waals surface area contributed by atoms with Gasteiger partial charge in [-0.2, -0.15) is 0 Å². The molecule has 4 heteroatoms. The van der Waals surface area contributed by atoms with Crippen molar-refractivity contribution >= 4 is 33.8 Å². The Morgan fingerprint density at radius 1 is 1.50 bits per heavy atom. The van der Waals surface area contributed by atoms with Gasteiger partial charge in [0.05, 0.1) is 15.9 Å². The molecule has 2 heterocycles. The second-order valence-electron chi connectivity index (χ2n) is 2.74. The van der Waals surface area contributed by atoms with Crippen molar-refractivity contribution in [3.63, 3.8) is 0 Å². The molecule has 0 bridgehead atoms. The summed E-state index contributed by atoms with van der Waals surface area (Å²) >= 11 is 6.65. The number of aromatic nitrogens is 2. The molecule has 0 aliphatic heterocycles. The van der Waals surface area contributed by atoms with Gasteiger partial charge in [0.25, 0.3) is 0 Å². The molecule has 0 atom stereocenters. The molecule has 0 amide bonds. The van der Waals surface area contributed by atoms with Crippen LogP contribution in [0.5, 0.6) is 0 Å². The highest BCUT2D eigenvalue weighted by atomic mass is 32.1. The molecule has 0 aromatic carbocycles. The van der Waals surface area contributed by atoms with Crippen LogP contribution in [-0.4, -0.2) is 9.97 Å². The predicted octanol–water partition coefficient (Wildman–Crippen LogP) is 2.97. The Balaban J connectivity index is 2.97. The van der Waals surface area contributed by atoms with Crippen LogP contribution in [0.3, 0.4) is 0 Å². The molecule has 0 saturated heterocycles. The number of nitrogens with zero attached hydrogens (tertiary/aromatic N) is 1. The van der Waals surface area contributed by atoms with Crippen LogP contribution in [0.1, 0.15) is 11.4 Å². The summed E-state index contributed by atoms with van der Waals surface area (Å²) in [7, 11) is 0. The lowest BCUT2D eigenvalue weighted by atomic mass is 10.3. The number of thiazole rings is 1. The first-order valence-electron chi connectivity index (χ1n) is 3.64. The van der Waals surface area contributed by atoms with Gasteiger partial charge in [-0.05, 0) is 32.1 Å². The Hall–Kier alpha value is -0.740. The van der Waals surface area contributed by atoms with Crippen LogP contribution >= 0.6 is 23.6 Å². The summed E-state index contributed by atoms with van der Waals surface area (Å²) in [5.41, 5.74) is 3.15. The Morgan fingerprint density at radius 3 is 3.00 bits per heavy atom. The van der Waals surface area contributed by atoms with Gasteiger partial charge < -0.3 is 4.98 Å². The number of aromatic amines is 1. The topological polar surface area (TPSA) is 28.7 Å². The van der Waals surface area contributed by atoms with Gasteiger partial charge in [0, 0.05) is 5.69 Å². The molecular weight excluding hydrogens is 188 g/mol. The van der Waals surface area contributed by atoms with Crippen LogP contribution in [0.15, 0.2) is 6.07 Å². The lowest BCUT2D eigenvalue weighted by molar-refractivity contribution is 1.14. The fourth-order valence-corrected chi connectivity index (χ4v) is 2.51. The minimum Gasteiger partial charge on any atom is -0.335 e. The average Bonchev–Trinajstić information content (AvgIpc) is 2.29. The number of nitrogens with one attached hydrogen (secondary N) is 1. The molecule has 2 aromatic heterocycles. The summed E-state index contributed by atoms with van der Waals surface area (Å²) in [6.07, 6.45) is 0. The average molecular weight is 196 g/mol. The van der Waals surface area contributed by atoms with Gasteiger partial charge in [-0.25, -0.2) is 0 Å². The summed E-state index contributed by atoms with van der Waals surface area (Å²) in [5, 5.41) is 0. The quantitative estimate of drug-likeness (QED) is 0.656. The molecule has 0 saturated carbocycles. The first kappa shape index (κ1) is 7.89. The van der Waals surface area contributed by atoms with Gasteiger partial charge in [0.1, 0.15) is 0 Å². The number of hydrogen-bond donors (Lipinski definition) is 1. The van der Waals surface area contributed by atoms with E-state index < -0.39 is 0 Å². The number of H-pyrrole nitrogens is 1. The van der Waals surface area contributed by atoms with E-state index in [2.05, 4.69) is 16.0 Å². The normalized spacial score (nSPS) is 10.8. The zero-order valence-electron chi connectivity index (χ0n) is 6.84. The molecular formula is C8H8N2S2. The predicted molar refractivity (Wildman–Crippen MR) is 54.3 cm³/mol. The van der Waals surface area contributed by atoms with Crippen molar-refractivity contribution in [2.75, 3.05) is 0 Å². The van der Waals surface area contributed by atoms with Gasteiger partial charge in [-0.1, -0.05) is 0 Å². The molecule has 0 fully saturated rings. The monoisotopic (exact) mass is 196 g/mol. The summed E-state index contributed by atoms with van der Waals surface area (Å²) in [6, 6.07) is 2.05. The zero-order chi connectivity index (χ0) is 8.72. The van der Waals surface area contributed by atoms with Crippen molar-refractivity contribution in [2.24, 2.45) is 0 Å². The van der Waals surface area contributed by atoms with Crippen LogP contribution in [0.25, 0.3) is 10.2 Å². The first-order chi connectivity index (χ1) is 5.66. The maximum absolute atomic E-state index is 5.05. The van der Waals surface area contributed by atoms with Crippen LogP contribution in [-0.2, 0) is 0 Å². The van der Waals surface area contributed by atoms with Crippen molar-refractivity contribution in [1.29, 1.82) is 0 Å². The van der Waals surface area contributed by atoms with E-state index in [0.29, 0.717) is 0 Å². The molecule has 0 unspecified atom stereocenters. The van der Waals surface area contributed by atoms with Crippen molar-refractivity contribution in [1.82, 2.24) is 9.97 Å². The largest absolute Gasteiger partial charge is 0.335 e. The minimum absolute atomic E-state index is 0.820. The van der Waals surface area contributed by atoms with Gasteiger partial charge >= 0.3 is 0 Å². The van der Waals surface area contributed by atoms with E-state index in [1.54, 1.807) is 11.3 Å². The summed E-state index contributed by atoms with van der Waals surface area (Å²) < 4.78 is 2.02. The summed E-state index contributed by atoms with van der Waals surface area (Å²) in [4.78, 5) is 7.47. The van der Waals surface area contributed by atoms with Crippen molar-refractivity contribution < 1.29 is 0 Å². The second-order valence-corrected chi connectivity index (χ2v) is 4.46. The SMILES string of the molecule is Cc1cc2sc(=S)[nH]c2c(C)n1. The Bertz CT molecular complexity index is 481. The molecule has 1 N–H and O–H groups in total. The third kappa shape index (κ3) is 1.17. The maximum atomic E-state index is 5.05. The second kappa shape index (κ2) is 2.64. The number of pyridine rings is 1. The Labute approximate surface area is 79.3 Å². The molecule has 0 aliphatic carbocycles. The minimum atomic E-state index is 0.820. The van der Waals surface area contributed by atoms with E-state index in [0.717, 1.165) is 20.9 Å².